The van der Waals surface area contributed by atoms with E-state index in [0.29, 0.717) is 12.3 Å². The number of allylic oxidation sites excluding steroid dienone is 1. The molecule has 0 unspecified atom stereocenters. The molecule has 1 spiro atoms. The first-order chi connectivity index (χ1) is 8.94. The lowest BCUT2D eigenvalue weighted by molar-refractivity contribution is -0.132. The van der Waals surface area contributed by atoms with E-state index in [-0.39, 0.29) is 16.6 Å². The van der Waals surface area contributed by atoms with Crippen molar-refractivity contribution in [2.45, 2.75) is 76.9 Å². The van der Waals surface area contributed by atoms with Crippen molar-refractivity contribution in [1.29, 1.82) is 0 Å². The highest BCUT2D eigenvalue weighted by atomic mass is 16.5. The highest BCUT2D eigenvalue weighted by Crippen LogP contribution is 2.64. The second-order valence-corrected chi connectivity index (χ2v) is 7.51. The normalized spacial score (nSPS) is 43.5. The van der Waals surface area contributed by atoms with E-state index in [4.69, 9.17) is 4.74 Å². The molecule has 0 amide bonds. The molecule has 3 rings (SSSR count). The monoisotopic (exact) mass is 262 g/mol. The zero-order valence-corrected chi connectivity index (χ0v) is 12.5. The number of aldehydes is 1. The quantitative estimate of drug-likeness (QED) is 0.567. The van der Waals surface area contributed by atoms with Crippen LogP contribution in [0.3, 0.4) is 0 Å². The molecule has 2 nitrogen and oxygen atoms in total. The van der Waals surface area contributed by atoms with E-state index in [1.807, 2.05) is 0 Å². The summed E-state index contributed by atoms with van der Waals surface area (Å²) >= 11 is 0. The number of rotatable bonds is 3. The van der Waals surface area contributed by atoms with E-state index in [9.17, 15) is 4.79 Å². The SMILES string of the molecule is CC1(C)O[C@]23C[C@H]1CC[C@]2(C)CCC=C3CCC=O. The Morgan fingerprint density at radius 1 is 1.37 bits per heavy atom. The third-order valence-corrected chi connectivity index (χ3v) is 6.11. The highest BCUT2D eigenvalue weighted by Gasteiger charge is 2.64. The van der Waals surface area contributed by atoms with Crippen molar-refractivity contribution in [2.24, 2.45) is 11.3 Å². The van der Waals surface area contributed by atoms with Crippen LogP contribution in [0.5, 0.6) is 0 Å². The summed E-state index contributed by atoms with van der Waals surface area (Å²) in [5.74, 6) is 0.679. The van der Waals surface area contributed by atoms with Crippen LogP contribution in [-0.4, -0.2) is 17.5 Å². The third kappa shape index (κ3) is 1.75. The van der Waals surface area contributed by atoms with Gasteiger partial charge in [0.2, 0.25) is 0 Å². The van der Waals surface area contributed by atoms with Gasteiger partial charge in [-0.1, -0.05) is 13.0 Å². The van der Waals surface area contributed by atoms with Crippen LogP contribution in [0.2, 0.25) is 0 Å². The topological polar surface area (TPSA) is 26.3 Å². The van der Waals surface area contributed by atoms with Gasteiger partial charge in [0, 0.05) is 11.8 Å². The molecule has 0 aromatic heterocycles. The largest absolute Gasteiger partial charge is 0.364 e. The minimum Gasteiger partial charge on any atom is -0.364 e. The smallest absolute Gasteiger partial charge is 0.120 e. The Morgan fingerprint density at radius 2 is 2.16 bits per heavy atom. The van der Waals surface area contributed by atoms with Crippen LogP contribution in [0.25, 0.3) is 0 Å². The van der Waals surface area contributed by atoms with Gasteiger partial charge in [0.1, 0.15) is 6.29 Å². The van der Waals surface area contributed by atoms with E-state index in [2.05, 4.69) is 26.8 Å². The summed E-state index contributed by atoms with van der Waals surface area (Å²) in [4.78, 5) is 10.7. The molecule has 106 valence electrons. The molecule has 2 aliphatic carbocycles. The Hall–Kier alpha value is -0.630. The summed E-state index contributed by atoms with van der Waals surface area (Å²) in [6, 6.07) is 0. The van der Waals surface area contributed by atoms with E-state index in [1.165, 1.54) is 31.3 Å². The maximum atomic E-state index is 10.7. The summed E-state index contributed by atoms with van der Waals surface area (Å²) in [6.45, 7) is 6.92. The zero-order chi connectivity index (χ0) is 13.7. The van der Waals surface area contributed by atoms with Crippen molar-refractivity contribution in [3.8, 4) is 0 Å². The number of ether oxygens (including phenoxy) is 1. The van der Waals surface area contributed by atoms with Crippen molar-refractivity contribution >= 4 is 6.29 Å². The summed E-state index contributed by atoms with van der Waals surface area (Å²) in [6.07, 6.45) is 11.1. The first kappa shape index (κ1) is 13.4. The number of fused-ring (bicyclic) bond motifs is 1. The summed E-state index contributed by atoms with van der Waals surface area (Å²) in [5, 5.41) is 0. The Morgan fingerprint density at radius 3 is 2.89 bits per heavy atom. The second kappa shape index (κ2) is 4.18. The van der Waals surface area contributed by atoms with Crippen LogP contribution in [0.4, 0.5) is 0 Å². The Balaban J connectivity index is 2.00. The molecule has 1 saturated carbocycles. The number of hydrogen-bond donors (Lipinski definition) is 0. The predicted octanol–water partition coefficient (Wildman–Crippen LogP) is 4.04. The lowest BCUT2D eigenvalue weighted by atomic mass is 9.55. The first-order valence-corrected chi connectivity index (χ1v) is 7.77. The van der Waals surface area contributed by atoms with Gasteiger partial charge < -0.3 is 9.53 Å². The molecule has 0 N–H and O–H groups in total. The molecule has 1 saturated heterocycles. The molecule has 1 aliphatic heterocycles. The minimum absolute atomic E-state index is 0.00459. The van der Waals surface area contributed by atoms with Crippen LogP contribution in [-0.2, 0) is 9.53 Å². The molecule has 2 fully saturated rings. The van der Waals surface area contributed by atoms with Crippen LogP contribution in [0.15, 0.2) is 11.6 Å². The molecular formula is C17H26O2. The molecule has 3 atom stereocenters. The first-order valence-electron chi connectivity index (χ1n) is 7.77. The molecule has 0 aromatic rings. The molecule has 19 heavy (non-hydrogen) atoms. The lowest BCUT2D eigenvalue weighted by Gasteiger charge is -2.52. The average molecular weight is 262 g/mol. The van der Waals surface area contributed by atoms with Crippen molar-refractivity contribution in [1.82, 2.24) is 0 Å². The minimum atomic E-state index is -0.0688. The van der Waals surface area contributed by atoms with Crippen LogP contribution in [0.1, 0.15) is 65.7 Å². The summed E-state index contributed by atoms with van der Waals surface area (Å²) in [7, 11) is 0. The van der Waals surface area contributed by atoms with Gasteiger partial charge >= 0.3 is 0 Å². The molecule has 0 radical (unpaired) electrons. The van der Waals surface area contributed by atoms with Crippen LogP contribution < -0.4 is 0 Å². The van der Waals surface area contributed by atoms with Gasteiger partial charge in [0.25, 0.3) is 0 Å². The fourth-order valence-electron chi connectivity index (χ4n) is 4.84. The maximum absolute atomic E-state index is 10.7. The van der Waals surface area contributed by atoms with E-state index in [0.717, 1.165) is 19.1 Å². The third-order valence-electron chi connectivity index (χ3n) is 6.11. The van der Waals surface area contributed by atoms with Gasteiger partial charge in [-0.05, 0) is 63.9 Å². The maximum Gasteiger partial charge on any atom is 0.120 e. The lowest BCUT2D eigenvalue weighted by Crippen LogP contribution is -2.51. The van der Waals surface area contributed by atoms with Crippen LogP contribution in [0, 0.1) is 11.3 Å². The van der Waals surface area contributed by atoms with Crippen molar-refractivity contribution < 1.29 is 9.53 Å². The zero-order valence-electron chi connectivity index (χ0n) is 12.5. The van der Waals surface area contributed by atoms with E-state index in [1.54, 1.807) is 0 Å². The standard InChI is InChI=1S/C17H26O2/c1-15(2)14-8-10-16(3)9-4-6-13(7-5-11-18)17(16,12-14)19-15/h6,11,14H,4-5,7-10,12H2,1-3H3/t14-,16+,17+/m1/s1. The highest BCUT2D eigenvalue weighted by molar-refractivity contribution is 5.50. The molecule has 2 heteroatoms. The molecule has 1 heterocycles. The van der Waals surface area contributed by atoms with Crippen molar-refractivity contribution in [3.05, 3.63) is 11.6 Å². The van der Waals surface area contributed by atoms with E-state index >= 15 is 0 Å². The second-order valence-electron chi connectivity index (χ2n) is 7.51. The van der Waals surface area contributed by atoms with Gasteiger partial charge in [-0.25, -0.2) is 0 Å². The average Bonchev–Trinajstić information content (AvgIpc) is 2.58. The molecule has 2 bridgehead atoms. The van der Waals surface area contributed by atoms with Crippen molar-refractivity contribution in [3.63, 3.8) is 0 Å². The summed E-state index contributed by atoms with van der Waals surface area (Å²) < 4.78 is 6.69. The molecule has 0 aromatic carbocycles. The molecule has 3 aliphatic rings. The fraction of sp³-hybridized carbons (Fsp3) is 0.824. The van der Waals surface area contributed by atoms with Crippen molar-refractivity contribution in [2.75, 3.05) is 0 Å². The van der Waals surface area contributed by atoms with E-state index < -0.39 is 0 Å². The Labute approximate surface area is 116 Å². The van der Waals surface area contributed by atoms with Gasteiger partial charge in [0.05, 0.1) is 11.2 Å². The Kier molecular flexibility index (Phi) is 2.94. The van der Waals surface area contributed by atoms with Gasteiger partial charge in [-0.15, -0.1) is 0 Å². The summed E-state index contributed by atoms with van der Waals surface area (Å²) in [5.41, 5.74) is 1.63. The van der Waals surface area contributed by atoms with Gasteiger partial charge in [0.15, 0.2) is 0 Å². The molecular weight excluding hydrogens is 236 g/mol. The van der Waals surface area contributed by atoms with Gasteiger partial charge in [-0.3, -0.25) is 0 Å². The number of carbonyl (C=O) groups excluding carboxylic acids is 1. The fourth-order valence-corrected chi connectivity index (χ4v) is 4.84. The predicted molar refractivity (Wildman–Crippen MR) is 76.0 cm³/mol. The number of carbonyl (C=O) groups is 1. The van der Waals surface area contributed by atoms with Crippen LogP contribution >= 0.6 is 0 Å². The Bertz CT molecular complexity index is 423. The van der Waals surface area contributed by atoms with Gasteiger partial charge in [-0.2, -0.15) is 0 Å². The number of hydrogen-bond acceptors (Lipinski definition) is 2.